The van der Waals surface area contributed by atoms with Gasteiger partial charge in [0.2, 0.25) is 5.43 Å². The summed E-state index contributed by atoms with van der Waals surface area (Å²) in [6, 6.07) is 12.8. The first-order valence-corrected chi connectivity index (χ1v) is 11.6. The number of hydrogen-bond donors (Lipinski definition) is 1. The van der Waals surface area contributed by atoms with Crippen molar-refractivity contribution in [2.24, 2.45) is 0 Å². The Kier molecular flexibility index (Phi) is 4.35. The van der Waals surface area contributed by atoms with Crippen molar-refractivity contribution in [3.8, 4) is 5.75 Å². The summed E-state index contributed by atoms with van der Waals surface area (Å²) < 4.78 is 38.8. The fourth-order valence-corrected chi connectivity index (χ4v) is 5.79. The average Bonchev–Trinajstić information content (AvgIpc) is 3.26. The van der Waals surface area contributed by atoms with Crippen molar-refractivity contribution >= 4 is 16.8 Å². The highest BCUT2D eigenvalue weighted by atomic mass is 19.2. The molecule has 1 fully saturated rings. The summed E-state index contributed by atoms with van der Waals surface area (Å²) in [5, 5.41) is 13.4. The van der Waals surface area contributed by atoms with Gasteiger partial charge in [0, 0.05) is 35.6 Å². The minimum Gasteiger partial charge on any atom is -0.502 e. The molecule has 2 unspecified atom stereocenters. The van der Waals surface area contributed by atoms with E-state index in [1.807, 2.05) is 39.9 Å². The van der Waals surface area contributed by atoms with E-state index in [2.05, 4.69) is 0 Å². The van der Waals surface area contributed by atoms with Crippen LogP contribution in [-0.4, -0.2) is 51.1 Å². The maximum absolute atomic E-state index is 15.2. The topological polar surface area (TPSA) is 79.9 Å². The van der Waals surface area contributed by atoms with E-state index in [0.29, 0.717) is 12.2 Å². The van der Waals surface area contributed by atoms with Crippen molar-refractivity contribution in [3.63, 3.8) is 0 Å². The van der Waals surface area contributed by atoms with Crippen LogP contribution in [0.2, 0.25) is 0 Å². The third-order valence-corrected chi connectivity index (χ3v) is 7.41. The van der Waals surface area contributed by atoms with Gasteiger partial charge in [-0.25, -0.2) is 8.78 Å². The number of pyridine rings is 1. The van der Waals surface area contributed by atoms with Gasteiger partial charge in [-0.05, 0) is 29.1 Å². The molecule has 5 heterocycles. The normalized spacial score (nSPS) is 20.7. The zero-order valence-corrected chi connectivity index (χ0v) is 18.9. The van der Waals surface area contributed by atoms with Crippen molar-refractivity contribution in [2.75, 3.05) is 24.8 Å². The van der Waals surface area contributed by atoms with Crippen LogP contribution in [-0.2, 0) is 11.3 Å². The molecule has 1 amide bonds. The lowest BCUT2D eigenvalue weighted by molar-refractivity contribution is -0.0200. The van der Waals surface area contributed by atoms with Gasteiger partial charge in [0.1, 0.15) is 12.2 Å². The van der Waals surface area contributed by atoms with Gasteiger partial charge in [-0.3, -0.25) is 19.3 Å². The molecule has 10 heteroatoms. The number of aromatic nitrogens is 2. The number of halogens is 2. The SMILES string of the molecule is O=C1c2c(O)c(=O)ccn2N(C2c3ccc(F)c(F)c3Cn3c2cc2ccccc23)C2COCCN12. The highest BCUT2D eigenvalue weighted by molar-refractivity contribution is 5.96. The number of para-hydroxylation sites is 1. The number of fused-ring (bicyclic) bond motifs is 6. The van der Waals surface area contributed by atoms with Gasteiger partial charge >= 0.3 is 0 Å². The van der Waals surface area contributed by atoms with E-state index < -0.39 is 40.9 Å². The van der Waals surface area contributed by atoms with Crippen LogP contribution in [0.1, 0.15) is 33.4 Å². The van der Waals surface area contributed by atoms with Crippen LogP contribution in [0, 0.1) is 11.6 Å². The van der Waals surface area contributed by atoms with E-state index >= 15 is 4.39 Å². The van der Waals surface area contributed by atoms with Gasteiger partial charge in [-0.2, -0.15) is 0 Å². The number of amides is 1. The Morgan fingerprint density at radius 2 is 1.89 bits per heavy atom. The Bertz CT molecular complexity index is 1650. The molecule has 1 saturated heterocycles. The van der Waals surface area contributed by atoms with Crippen molar-refractivity contribution in [2.45, 2.75) is 18.8 Å². The summed E-state index contributed by atoms with van der Waals surface area (Å²) in [6.07, 6.45) is 0.818. The molecule has 2 aromatic carbocycles. The van der Waals surface area contributed by atoms with Gasteiger partial charge in [-0.15, -0.1) is 0 Å². The molecule has 2 aromatic heterocycles. The second-order valence-electron chi connectivity index (χ2n) is 9.20. The Morgan fingerprint density at radius 1 is 1.06 bits per heavy atom. The fourth-order valence-electron chi connectivity index (χ4n) is 5.79. The van der Waals surface area contributed by atoms with Crippen molar-refractivity contribution < 1.29 is 23.4 Å². The summed E-state index contributed by atoms with van der Waals surface area (Å²) in [4.78, 5) is 27.3. The van der Waals surface area contributed by atoms with E-state index in [1.165, 1.54) is 16.9 Å². The molecule has 4 aromatic rings. The molecule has 8 nitrogen and oxygen atoms in total. The molecular weight excluding hydrogens is 470 g/mol. The maximum atomic E-state index is 15.2. The largest absolute Gasteiger partial charge is 0.502 e. The number of nitrogens with zero attached hydrogens (tertiary/aromatic N) is 4. The Hall–Kier alpha value is -4.18. The van der Waals surface area contributed by atoms with E-state index in [9.17, 15) is 19.1 Å². The first-order chi connectivity index (χ1) is 17.5. The molecule has 0 spiro atoms. The fraction of sp³-hybridized carbons (Fsp3) is 0.231. The quantitative estimate of drug-likeness (QED) is 0.444. The second kappa shape index (κ2) is 7.41. The van der Waals surface area contributed by atoms with Gasteiger partial charge in [0.15, 0.2) is 23.1 Å². The molecule has 2 atom stereocenters. The van der Waals surface area contributed by atoms with Crippen LogP contribution in [0.3, 0.4) is 0 Å². The van der Waals surface area contributed by atoms with Crippen LogP contribution < -0.4 is 10.4 Å². The molecule has 0 bridgehead atoms. The number of carbonyl (C=O) groups is 1. The summed E-state index contributed by atoms with van der Waals surface area (Å²) in [7, 11) is 0. The van der Waals surface area contributed by atoms with E-state index in [1.54, 1.807) is 11.0 Å². The molecule has 3 aliphatic heterocycles. The van der Waals surface area contributed by atoms with E-state index in [0.717, 1.165) is 22.7 Å². The average molecular weight is 490 g/mol. The van der Waals surface area contributed by atoms with Gasteiger partial charge < -0.3 is 19.3 Å². The number of carbonyl (C=O) groups excluding carboxylic acids is 1. The standard InChI is InChI=1S/C26H20F2N4O4/c27-17-6-5-15-16(22(17)28)12-30-18-4-2-1-3-14(18)11-19(30)23(15)32-21-13-36-10-9-29(21)26(35)24-25(34)20(33)7-8-31(24)32/h1-8,11,21,23,34H,9-10,12-13H2. The van der Waals surface area contributed by atoms with Crippen LogP contribution in [0.15, 0.2) is 59.5 Å². The monoisotopic (exact) mass is 490 g/mol. The summed E-state index contributed by atoms with van der Waals surface area (Å²) in [5.74, 6) is -3.00. The number of hydrogen-bond acceptors (Lipinski definition) is 5. The molecule has 36 heavy (non-hydrogen) atoms. The van der Waals surface area contributed by atoms with E-state index in [4.69, 9.17) is 4.74 Å². The van der Waals surface area contributed by atoms with Crippen molar-refractivity contribution in [1.82, 2.24) is 14.1 Å². The lowest BCUT2D eigenvalue weighted by Crippen LogP contribution is -2.66. The van der Waals surface area contributed by atoms with Crippen molar-refractivity contribution in [3.05, 3.63) is 99.1 Å². The Morgan fingerprint density at radius 3 is 2.75 bits per heavy atom. The van der Waals surface area contributed by atoms with Gasteiger partial charge in [-0.1, -0.05) is 24.3 Å². The minimum absolute atomic E-state index is 0.137. The molecular formula is C26H20F2N4O4. The van der Waals surface area contributed by atoms with Crippen LogP contribution in [0.5, 0.6) is 5.75 Å². The molecule has 7 rings (SSSR count). The molecule has 1 N–H and O–H groups in total. The van der Waals surface area contributed by atoms with Crippen LogP contribution in [0.25, 0.3) is 10.9 Å². The summed E-state index contributed by atoms with van der Waals surface area (Å²) >= 11 is 0. The number of rotatable bonds is 1. The van der Waals surface area contributed by atoms with Crippen LogP contribution in [0.4, 0.5) is 8.78 Å². The number of aromatic hydroxyl groups is 1. The predicted molar refractivity (Wildman–Crippen MR) is 125 cm³/mol. The predicted octanol–water partition coefficient (Wildman–Crippen LogP) is 2.69. The lowest BCUT2D eigenvalue weighted by Gasteiger charge is -2.52. The zero-order valence-electron chi connectivity index (χ0n) is 18.9. The molecule has 182 valence electrons. The van der Waals surface area contributed by atoms with Crippen LogP contribution >= 0.6 is 0 Å². The molecule has 3 aliphatic rings. The molecule has 0 saturated carbocycles. The Labute approximate surface area is 203 Å². The summed E-state index contributed by atoms with van der Waals surface area (Å²) in [5.41, 5.74) is 1.57. The third kappa shape index (κ3) is 2.70. The first-order valence-electron chi connectivity index (χ1n) is 11.6. The minimum atomic E-state index is -0.939. The van der Waals surface area contributed by atoms with E-state index in [-0.39, 0.29) is 31.0 Å². The second-order valence-corrected chi connectivity index (χ2v) is 9.20. The molecule has 0 aliphatic carbocycles. The lowest BCUT2D eigenvalue weighted by atomic mass is 9.92. The Balaban J connectivity index is 1.56. The van der Waals surface area contributed by atoms with Gasteiger partial charge in [0.05, 0.1) is 19.8 Å². The summed E-state index contributed by atoms with van der Waals surface area (Å²) in [6.45, 7) is 0.851. The van der Waals surface area contributed by atoms with Gasteiger partial charge in [0.25, 0.3) is 5.91 Å². The maximum Gasteiger partial charge on any atom is 0.278 e. The number of morpholine rings is 1. The van der Waals surface area contributed by atoms with Crippen molar-refractivity contribution in [1.29, 1.82) is 0 Å². The molecule has 0 radical (unpaired) electrons. The number of benzene rings is 2. The highest BCUT2D eigenvalue weighted by Gasteiger charge is 2.47. The first kappa shape index (κ1) is 21.1. The highest BCUT2D eigenvalue weighted by Crippen LogP contribution is 2.43. The number of ether oxygens (including phenoxy) is 1. The zero-order chi connectivity index (χ0) is 24.7. The third-order valence-electron chi connectivity index (χ3n) is 7.41. The smallest absolute Gasteiger partial charge is 0.278 e.